The van der Waals surface area contributed by atoms with Gasteiger partial charge in [-0.2, -0.15) is 0 Å². The zero-order chi connectivity index (χ0) is 12.3. The van der Waals surface area contributed by atoms with Gasteiger partial charge in [-0.15, -0.1) is 0 Å². The highest BCUT2D eigenvalue weighted by Gasteiger charge is 2.31. The molecule has 0 saturated carbocycles. The Labute approximate surface area is 102 Å². The summed E-state index contributed by atoms with van der Waals surface area (Å²) in [6.07, 6.45) is 5.17. The molecule has 2 saturated heterocycles. The van der Waals surface area contributed by atoms with Crippen LogP contribution in [0.3, 0.4) is 0 Å². The van der Waals surface area contributed by atoms with E-state index in [1.54, 1.807) is 6.92 Å². The smallest absolute Gasteiger partial charge is 0.225 e. The minimum absolute atomic E-state index is 0.112. The Balaban J connectivity index is 1.86. The molecule has 4 heteroatoms. The zero-order valence-electron chi connectivity index (χ0n) is 10.5. The fourth-order valence-electron chi connectivity index (χ4n) is 2.83. The second-order valence-corrected chi connectivity index (χ2v) is 5.13. The Bertz CT molecular complexity index is 297. The molecule has 2 aliphatic heterocycles. The summed E-state index contributed by atoms with van der Waals surface area (Å²) in [5.74, 6) is 0.340. The van der Waals surface area contributed by atoms with Crippen molar-refractivity contribution in [2.75, 3.05) is 13.2 Å². The monoisotopic (exact) mass is 239 g/mol. The first-order valence-electron chi connectivity index (χ1n) is 6.57. The van der Waals surface area contributed by atoms with Crippen molar-refractivity contribution in [3.8, 4) is 0 Å². The van der Waals surface area contributed by atoms with Crippen LogP contribution in [-0.4, -0.2) is 41.9 Å². The van der Waals surface area contributed by atoms with E-state index in [2.05, 4.69) is 0 Å². The van der Waals surface area contributed by atoms with Crippen LogP contribution in [0.4, 0.5) is 0 Å². The first-order chi connectivity index (χ1) is 8.16. The standard InChI is InChI=1S/C13H21NO3/c1-10(15)8-11-4-2-6-14(11)13(16)9-12-5-3-7-17-12/h11-12H,2-9H2,1H3. The van der Waals surface area contributed by atoms with E-state index < -0.39 is 0 Å². The Morgan fingerprint density at radius 2 is 2.06 bits per heavy atom. The summed E-state index contributed by atoms with van der Waals surface area (Å²) >= 11 is 0. The van der Waals surface area contributed by atoms with Crippen LogP contribution in [0.2, 0.25) is 0 Å². The zero-order valence-corrected chi connectivity index (χ0v) is 10.5. The molecule has 0 aromatic heterocycles. The minimum atomic E-state index is 0.112. The molecule has 0 spiro atoms. The van der Waals surface area contributed by atoms with Crippen LogP contribution >= 0.6 is 0 Å². The average Bonchev–Trinajstić information content (AvgIpc) is 2.87. The lowest BCUT2D eigenvalue weighted by molar-refractivity contribution is -0.134. The molecule has 0 N–H and O–H groups in total. The molecular formula is C13H21NO3. The van der Waals surface area contributed by atoms with E-state index in [-0.39, 0.29) is 23.8 Å². The van der Waals surface area contributed by atoms with Gasteiger partial charge in [-0.05, 0) is 32.6 Å². The largest absolute Gasteiger partial charge is 0.378 e. The van der Waals surface area contributed by atoms with Gasteiger partial charge in [0, 0.05) is 25.6 Å². The lowest BCUT2D eigenvalue weighted by atomic mass is 10.1. The minimum Gasteiger partial charge on any atom is -0.378 e. The van der Waals surface area contributed by atoms with Crippen LogP contribution in [0, 0.1) is 0 Å². The highest BCUT2D eigenvalue weighted by Crippen LogP contribution is 2.23. The number of ketones is 1. The van der Waals surface area contributed by atoms with E-state index in [1.807, 2.05) is 4.90 Å². The predicted molar refractivity (Wildman–Crippen MR) is 63.6 cm³/mol. The van der Waals surface area contributed by atoms with Crippen LogP contribution in [0.15, 0.2) is 0 Å². The molecule has 0 aromatic carbocycles. The van der Waals surface area contributed by atoms with Gasteiger partial charge in [-0.1, -0.05) is 0 Å². The molecule has 0 bridgehead atoms. The van der Waals surface area contributed by atoms with Crippen molar-refractivity contribution in [2.45, 2.75) is 57.6 Å². The number of amides is 1. The van der Waals surface area contributed by atoms with Crippen molar-refractivity contribution < 1.29 is 14.3 Å². The molecule has 0 aliphatic carbocycles. The van der Waals surface area contributed by atoms with E-state index in [0.717, 1.165) is 38.8 Å². The normalized spacial score (nSPS) is 28.6. The lowest BCUT2D eigenvalue weighted by Gasteiger charge is -2.25. The number of hydrogen-bond acceptors (Lipinski definition) is 3. The molecule has 0 radical (unpaired) electrons. The fourth-order valence-corrected chi connectivity index (χ4v) is 2.83. The maximum absolute atomic E-state index is 12.1. The van der Waals surface area contributed by atoms with Gasteiger partial charge in [0.15, 0.2) is 0 Å². The van der Waals surface area contributed by atoms with Crippen molar-refractivity contribution in [3.63, 3.8) is 0 Å². The van der Waals surface area contributed by atoms with E-state index in [4.69, 9.17) is 4.74 Å². The number of carbonyl (C=O) groups is 2. The summed E-state index contributed by atoms with van der Waals surface area (Å²) in [6.45, 7) is 3.19. The van der Waals surface area contributed by atoms with Gasteiger partial charge in [-0.3, -0.25) is 9.59 Å². The second-order valence-electron chi connectivity index (χ2n) is 5.13. The van der Waals surface area contributed by atoms with Gasteiger partial charge in [0.2, 0.25) is 5.91 Å². The third kappa shape index (κ3) is 3.28. The molecule has 1 amide bonds. The summed E-state index contributed by atoms with van der Waals surface area (Å²) in [7, 11) is 0. The number of nitrogens with zero attached hydrogens (tertiary/aromatic N) is 1. The highest BCUT2D eigenvalue weighted by molar-refractivity contribution is 5.80. The maximum atomic E-state index is 12.1. The lowest BCUT2D eigenvalue weighted by Crippen LogP contribution is -2.38. The molecular weight excluding hydrogens is 218 g/mol. The van der Waals surface area contributed by atoms with Crippen LogP contribution < -0.4 is 0 Å². The van der Waals surface area contributed by atoms with Crippen molar-refractivity contribution in [3.05, 3.63) is 0 Å². The third-order valence-corrected chi connectivity index (χ3v) is 3.65. The first-order valence-corrected chi connectivity index (χ1v) is 6.57. The Morgan fingerprint density at radius 3 is 2.71 bits per heavy atom. The molecule has 2 unspecified atom stereocenters. The first kappa shape index (κ1) is 12.6. The van der Waals surface area contributed by atoms with E-state index in [0.29, 0.717) is 12.8 Å². The van der Waals surface area contributed by atoms with Gasteiger partial charge >= 0.3 is 0 Å². The van der Waals surface area contributed by atoms with Crippen LogP contribution in [0.25, 0.3) is 0 Å². The topological polar surface area (TPSA) is 46.6 Å². The van der Waals surface area contributed by atoms with Crippen LogP contribution in [-0.2, 0) is 14.3 Å². The van der Waals surface area contributed by atoms with Crippen molar-refractivity contribution in [1.82, 2.24) is 4.90 Å². The molecule has 0 aromatic rings. The fraction of sp³-hybridized carbons (Fsp3) is 0.846. The van der Waals surface area contributed by atoms with Gasteiger partial charge < -0.3 is 9.64 Å². The highest BCUT2D eigenvalue weighted by atomic mass is 16.5. The third-order valence-electron chi connectivity index (χ3n) is 3.65. The molecule has 2 atom stereocenters. The molecule has 17 heavy (non-hydrogen) atoms. The summed E-state index contributed by atoms with van der Waals surface area (Å²) in [4.78, 5) is 25.2. The summed E-state index contributed by atoms with van der Waals surface area (Å²) in [6, 6.07) is 0.140. The number of ether oxygens (including phenoxy) is 1. The van der Waals surface area contributed by atoms with E-state index in [1.165, 1.54) is 0 Å². The van der Waals surface area contributed by atoms with Crippen LogP contribution in [0.1, 0.15) is 45.4 Å². The summed E-state index contributed by atoms with van der Waals surface area (Å²) in [5, 5.41) is 0. The molecule has 4 nitrogen and oxygen atoms in total. The van der Waals surface area contributed by atoms with Gasteiger partial charge in [0.05, 0.1) is 12.5 Å². The number of rotatable bonds is 4. The number of likely N-dealkylation sites (tertiary alicyclic amines) is 1. The van der Waals surface area contributed by atoms with Gasteiger partial charge in [0.25, 0.3) is 0 Å². The van der Waals surface area contributed by atoms with E-state index in [9.17, 15) is 9.59 Å². The number of carbonyl (C=O) groups excluding carboxylic acids is 2. The van der Waals surface area contributed by atoms with Gasteiger partial charge in [0.1, 0.15) is 5.78 Å². The van der Waals surface area contributed by atoms with Crippen molar-refractivity contribution in [2.24, 2.45) is 0 Å². The van der Waals surface area contributed by atoms with Crippen molar-refractivity contribution in [1.29, 1.82) is 0 Å². The van der Waals surface area contributed by atoms with Crippen molar-refractivity contribution >= 4 is 11.7 Å². The summed E-state index contributed by atoms with van der Waals surface area (Å²) in [5.41, 5.74) is 0. The number of Topliss-reactive ketones (excluding diaryl/α,β-unsaturated/α-hetero) is 1. The Kier molecular flexibility index (Phi) is 4.15. The molecule has 2 aliphatic rings. The molecule has 2 fully saturated rings. The van der Waals surface area contributed by atoms with E-state index >= 15 is 0 Å². The summed E-state index contributed by atoms with van der Waals surface area (Å²) < 4.78 is 5.49. The Hall–Kier alpha value is -0.900. The van der Waals surface area contributed by atoms with Crippen LogP contribution in [0.5, 0.6) is 0 Å². The number of hydrogen-bond donors (Lipinski definition) is 0. The average molecular weight is 239 g/mol. The molecule has 96 valence electrons. The maximum Gasteiger partial charge on any atom is 0.225 e. The second kappa shape index (κ2) is 5.63. The predicted octanol–water partition coefficient (Wildman–Crippen LogP) is 1.53. The quantitative estimate of drug-likeness (QED) is 0.747. The van der Waals surface area contributed by atoms with Gasteiger partial charge in [-0.25, -0.2) is 0 Å². The SMILES string of the molecule is CC(=O)CC1CCCN1C(=O)CC1CCCO1. The Morgan fingerprint density at radius 1 is 1.24 bits per heavy atom. The molecule has 2 heterocycles. The molecule has 2 rings (SSSR count).